The number of benzene rings is 3. The standard InChI is InChI=1S/C27H20F3N3O4S/c1-16-12-23(24(36-2)15-22(16)17-4-3-5-19(13-17)27(28,29)30)26-21-7-6-20(14-18(21)8-10-31-26)38(34,35)33-25-9-11-37-32-25/h3-15H,1-2H3,(H,32,33). The topological polar surface area (TPSA) is 94.3 Å². The van der Waals surface area contributed by atoms with Gasteiger partial charge in [-0.05, 0) is 71.5 Å². The number of fused-ring (bicyclic) bond motifs is 1. The van der Waals surface area contributed by atoms with Gasteiger partial charge in [-0.2, -0.15) is 13.2 Å². The second kappa shape index (κ2) is 9.49. The third-order valence-corrected chi connectivity index (χ3v) is 7.38. The van der Waals surface area contributed by atoms with Crippen LogP contribution in [0.3, 0.4) is 0 Å². The molecule has 2 aromatic heterocycles. The minimum Gasteiger partial charge on any atom is -0.496 e. The molecule has 0 bridgehead atoms. The Bertz CT molecular complexity index is 1750. The van der Waals surface area contributed by atoms with Gasteiger partial charge >= 0.3 is 6.18 Å². The maximum absolute atomic E-state index is 13.3. The molecular formula is C27H20F3N3O4S. The minimum absolute atomic E-state index is 0.0215. The molecule has 11 heteroatoms. The second-order valence-electron chi connectivity index (χ2n) is 8.48. The normalized spacial score (nSPS) is 12.0. The summed E-state index contributed by atoms with van der Waals surface area (Å²) in [4.78, 5) is 4.53. The van der Waals surface area contributed by atoms with E-state index in [2.05, 4.69) is 19.4 Å². The number of ether oxygens (including phenoxy) is 1. The van der Waals surface area contributed by atoms with Crippen molar-refractivity contribution < 1.29 is 30.8 Å². The number of aryl methyl sites for hydroxylation is 1. The van der Waals surface area contributed by atoms with Gasteiger partial charge in [0.2, 0.25) is 0 Å². The maximum Gasteiger partial charge on any atom is 0.416 e. The van der Waals surface area contributed by atoms with E-state index in [0.717, 1.165) is 17.7 Å². The fraction of sp³-hybridized carbons (Fsp3) is 0.111. The number of sulfonamides is 1. The number of nitrogens with zero attached hydrogens (tertiary/aromatic N) is 2. The van der Waals surface area contributed by atoms with Gasteiger partial charge < -0.3 is 9.26 Å². The van der Waals surface area contributed by atoms with Crippen molar-refractivity contribution in [3.8, 4) is 28.1 Å². The van der Waals surface area contributed by atoms with Gasteiger partial charge in [-0.25, -0.2) is 8.42 Å². The van der Waals surface area contributed by atoms with Gasteiger partial charge in [-0.15, -0.1) is 0 Å². The number of nitrogens with one attached hydrogen (secondary N) is 1. The summed E-state index contributed by atoms with van der Waals surface area (Å²) in [5, 5.41) is 4.85. The molecule has 7 nitrogen and oxygen atoms in total. The van der Waals surface area contributed by atoms with Crippen LogP contribution in [0.4, 0.5) is 19.0 Å². The fourth-order valence-electron chi connectivity index (χ4n) is 4.22. The first-order valence-electron chi connectivity index (χ1n) is 11.3. The number of rotatable bonds is 6. The number of alkyl halides is 3. The van der Waals surface area contributed by atoms with E-state index in [0.29, 0.717) is 38.9 Å². The van der Waals surface area contributed by atoms with Crippen molar-refractivity contribution in [3.05, 3.63) is 90.3 Å². The number of pyridine rings is 1. The number of hydrogen-bond donors (Lipinski definition) is 1. The Balaban J connectivity index is 1.58. The van der Waals surface area contributed by atoms with Crippen molar-refractivity contribution in [1.29, 1.82) is 0 Å². The van der Waals surface area contributed by atoms with Crippen molar-refractivity contribution in [2.75, 3.05) is 11.8 Å². The summed E-state index contributed by atoms with van der Waals surface area (Å²) >= 11 is 0. The Morgan fingerprint density at radius 3 is 2.50 bits per heavy atom. The monoisotopic (exact) mass is 539 g/mol. The molecule has 0 unspecified atom stereocenters. The predicted molar refractivity (Wildman–Crippen MR) is 136 cm³/mol. The first-order chi connectivity index (χ1) is 18.1. The Morgan fingerprint density at radius 1 is 0.974 bits per heavy atom. The molecule has 0 aliphatic rings. The molecule has 5 aromatic rings. The quantitative estimate of drug-likeness (QED) is 0.258. The first-order valence-corrected chi connectivity index (χ1v) is 12.7. The molecule has 38 heavy (non-hydrogen) atoms. The highest BCUT2D eigenvalue weighted by atomic mass is 32.2. The zero-order valence-electron chi connectivity index (χ0n) is 20.1. The summed E-state index contributed by atoms with van der Waals surface area (Å²) < 4.78 is 78.1. The Hall–Kier alpha value is -4.38. The minimum atomic E-state index is -4.46. The SMILES string of the molecule is COc1cc(-c2cccc(C(F)(F)F)c2)c(C)cc1-c1nccc2cc(S(=O)(=O)Nc3ccon3)ccc12. The van der Waals surface area contributed by atoms with E-state index in [4.69, 9.17) is 4.74 Å². The largest absolute Gasteiger partial charge is 0.496 e. The van der Waals surface area contributed by atoms with E-state index < -0.39 is 21.8 Å². The molecule has 0 fully saturated rings. The summed E-state index contributed by atoms with van der Waals surface area (Å²) in [5.74, 6) is 0.467. The smallest absolute Gasteiger partial charge is 0.416 e. The highest BCUT2D eigenvalue weighted by molar-refractivity contribution is 7.92. The highest BCUT2D eigenvalue weighted by Gasteiger charge is 2.30. The lowest BCUT2D eigenvalue weighted by atomic mass is 9.94. The van der Waals surface area contributed by atoms with Crippen LogP contribution in [-0.4, -0.2) is 25.7 Å². The number of anilines is 1. The van der Waals surface area contributed by atoms with E-state index in [9.17, 15) is 21.6 Å². The molecule has 3 aromatic carbocycles. The van der Waals surface area contributed by atoms with E-state index >= 15 is 0 Å². The van der Waals surface area contributed by atoms with Crippen molar-refractivity contribution >= 4 is 26.6 Å². The number of hydrogen-bond acceptors (Lipinski definition) is 6. The van der Waals surface area contributed by atoms with Crippen LogP contribution in [0, 0.1) is 6.92 Å². The van der Waals surface area contributed by atoms with Gasteiger partial charge in [0.1, 0.15) is 12.0 Å². The van der Waals surface area contributed by atoms with Crippen molar-refractivity contribution in [2.24, 2.45) is 0 Å². The molecule has 0 atom stereocenters. The summed E-state index contributed by atoms with van der Waals surface area (Å²) in [5.41, 5.74) is 2.12. The van der Waals surface area contributed by atoms with Crippen molar-refractivity contribution in [3.63, 3.8) is 0 Å². The second-order valence-corrected chi connectivity index (χ2v) is 10.2. The molecule has 0 radical (unpaired) electrons. The van der Waals surface area contributed by atoms with Gasteiger partial charge in [-0.3, -0.25) is 9.71 Å². The molecule has 2 heterocycles. The van der Waals surface area contributed by atoms with E-state index in [-0.39, 0.29) is 10.7 Å². The predicted octanol–water partition coefficient (Wildman–Crippen LogP) is 6.69. The average molecular weight is 540 g/mol. The van der Waals surface area contributed by atoms with Crippen LogP contribution in [0.5, 0.6) is 5.75 Å². The molecule has 194 valence electrons. The van der Waals surface area contributed by atoms with Crippen LogP contribution in [0.2, 0.25) is 0 Å². The number of aromatic nitrogens is 2. The lowest BCUT2D eigenvalue weighted by Crippen LogP contribution is -2.13. The van der Waals surface area contributed by atoms with Crippen molar-refractivity contribution in [2.45, 2.75) is 18.0 Å². The average Bonchev–Trinajstić information content (AvgIpc) is 3.40. The van der Waals surface area contributed by atoms with Gasteiger partial charge in [0.15, 0.2) is 5.82 Å². The zero-order chi connectivity index (χ0) is 27.1. The third-order valence-electron chi connectivity index (χ3n) is 6.03. The van der Waals surface area contributed by atoms with E-state index in [1.165, 1.54) is 37.6 Å². The fourth-order valence-corrected chi connectivity index (χ4v) is 5.24. The molecule has 5 rings (SSSR count). The van der Waals surface area contributed by atoms with Gasteiger partial charge in [0, 0.05) is 23.2 Å². The van der Waals surface area contributed by atoms with E-state index in [1.54, 1.807) is 43.5 Å². The van der Waals surface area contributed by atoms with Gasteiger partial charge in [0.25, 0.3) is 10.0 Å². The van der Waals surface area contributed by atoms with Crippen LogP contribution >= 0.6 is 0 Å². The van der Waals surface area contributed by atoms with Crippen molar-refractivity contribution in [1.82, 2.24) is 10.1 Å². The molecule has 0 spiro atoms. The molecular weight excluding hydrogens is 519 g/mol. The molecule has 0 aliphatic heterocycles. The lowest BCUT2D eigenvalue weighted by Gasteiger charge is -2.16. The zero-order valence-corrected chi connectivity index (χ0v) is 20.9. The van der Waals surface area contributed by atoms with Crippen LogP contribution in [0.1, 0.15) is 11.1 Å². The van der Waals surface area contributed by atoms with Gasteiger partial charge in [0.05, 0.1) is 23.3 Å². The summed E-state index contributed by atoms with van der Waals surface area (Å²) in [7, 11) is -2.45. The number of halogens is 3. The Kier molecular flexibility index (Phi) is 6.31. The Labute approximate surface area is 215 Å². The molecule has 0 amide bonds. The molecule has 0 saturated heterocycles. The molecule has 1 N–H and O–H groups in total. The van der Waals surface area contributed by atoms with Crippen LogP contribution < -0.4 is 9.46 Å². The summed E-state index contributed by atoms with van der Waals surface area (Å²) in [6.45, 7) is 1.80. The summed E-state index contributed by atoms with van der Waals surface area (Å²) in [6.07, 6.45) is -1.66. The Morgan fingerprint density at radius 2 is 1.79 bits per heavy atom. The van der Waals surface area contributed by atoms with E-state index in [1.807, 2.05) is 0 Å². The van der Waals surface area contributed by atoms with Crippen LogP contribution in [0.25, 0.3) is 33.2 Å². The first kappa shape index (κ1) is 25.3. The molecule has 0 saturated carbocycles. The summed E-state index contributed by atoms with van der Waals surface area (Å²) in [6, 6.07) is 16.3. The maximum atomic E-state index is 13.3. The number of methoxy groups -OCH3 is 1. The van der Waals surface area contributed by atoms with Gasteiger partial charge in [-0.1, -0.05) is 23.4 Å². The van der Waals surface area contributed by atoms with Crippen LogP contribution in [0.15, 0.2) is 88.6 Å². The lowest BCUT2D eigenvalue weighted by molar-refractivity contribution is -0.137. The third kappa shape index (κ3) is 4.80. The van der Waals surface area contributed by atoms with Crippen LogP contribution in [-0.2, 0) is 16.2 Å². The highest BCUT2D eigenvalue weighted by Crippen LogP contribution is 2.40. The molecule has 0 aliphatic carbocycles.